The first-order valence-electron chi connectivity index (χ1n) is 13.7. The Balaban J connectivity index is 1.48. The van der Waals surface area contributed by atoms with Crippen molar-refractivity contribution in [3.8, 4) is 11.1 Å². The van der Waals surface area contributed by atoms with Gasteiger partial charge in [-0.2, -0.15) is 0 Å². The van der Waals surface area contributed by atoms with Crippen molar-refractivity contribution in [2.45, 2.75) is 27.7 Å². The van der Waals surface area contributed by atoms with E-state index in [1.54, 1.807) is 60.7 Å². The molecule has 0 aliphatic carbocycles. The van der Waals surface area contributed by atoms with Crippen molar-refractivity contribution in [1.29, 1.82) is 0 Å². The molecule has 0 aliphatic heterocycles. The van der Waals surface area contributed by atoms with Gasteiger partial charge >= 0.3 is 0 Å². The first-order chi connectivity index (χ1) is 21.1. The Kier molecular flexibility index (Phi) is 10.1. The fraction of sp³-hybridized carbons (Fsp3) is 0.118. The lowest BCUT2D eigenvalue weighted by Gasteiger charge is -2.09. The van der Waals surface area contributed by atoms with E-state index in [-0.39, 0.29) is 22.9 Å². The van der Waals surface area contributed by atoms with E-state index in [1.165, 1.54) is 13.8 Å². The number of azo groups is 2. The molecule has 0 unspecified atom stereocenters. The fourth-order valence-corrected chi connectivity index (χ4v) is 4.09. The van der Waals surface area contributed by atoms with Crippen LogP contribution in [0.4, 0.5) is 22.7 Å². The van der Waals surface area contributed by atoms with Crippen LogP contribution in [0, 0.1) is 13.8 Å². The maximum atomic E-state index is 12.7. The van der Waals surface area contributed by atoms with Crippen molar-refractivity contribution >= 4 is 34.6 Å². The number of carbonyl (C=O) groups is 2. The SMILES string of the molecule is C/C(O)=C(\N=N\c1ccc(-c2ccc(/N=N/C(C(=O)Nc3ccccc3)=C(\C)O)c(C)c2)cc1C)C(=O)Nc1ccccc1. The number of aryl methyl sites for hydroxylation is 2. The summed E-state index contributed by atoms with van der Waals surface area (Å²) in [5.74, 6) is -1.65. The number of nitrogens with zero attached hydrogens (tertiary/aromatic N) is 4. The van der Waals surface area contributed by atoms with Crippen LogP contribution < -0.4 is 10.6 Å². The van der Waals surface area contributed by atoms with E-state index in [0.717, 1.165) is 22.3 Å². The smallest absolute Gasteiger partial charge is 0.279 e. The molecule has 0 aromatic heterocycles. The summed E-state index contributed by atoms with van der Waals surface area (Å²) >= 11 is 0. The summed E-state index contributed by atoms with van der Waals surface area (Å²) in [5, 5.41) is 42.0. The molecule has 222 valence electrons. The number of hydrogen-bond acceptors (Lipinski definition) is 8. The zero-order valence-corrected chi connectivity index (χ0v) is 24.7. The molecule has 4 rings (SSSR count). The maximum absolute atomic E-state index is 12.7. The summed E-state index contributed by atoms with van der Waals surface area (Å²) < 4.78 is 0. The average Bonchev–Trinajstić information content (AvgIpc) is 2.99. The number of anilines is 2. The van der Waals surface area contributed by atoms with E-state index in [4.69, 9.17) is 0 Å². The van der Waals surface area contributed by atoms with Gasteiger partial charge in [0.2, 0.25) is 0 Å². The standard InChI is InChI=1S/C34H32N6O4/c1-21-19-25(15-17-29(21)37-39-31(23(3)41)33(43)35-27-11-7-5-8-12-27)26-16-18-30(22(2)20-26)38-40-32(24(4)42)34(44)36-28-13-9-6-10-14-28/h5-20,41-42H,1-4H3,(H,35,43)(H,36,44)/b31-23+,32-24+,39-37+,40-38+. The van der Waals surface area contributed by atoms with Gasteiger partial charge < -0.3 is 20.8 Å². The van der Waals surface area contributed by atoms with E-state index in [0.29, 0.717) is 22.7 Å². The number of allylic oxidation sites excluding steroid dienone is 2. The highest BCUT2D eigenvalue weighted by molar-refractivity contribution is 6.04. The lowest BCUT2D eigenvalue weighted by atomic mass is 10.0. The summed E-state index contributed by atoms with van der Waals surface area (Å²) in [5.41, 5.74) is 5.29. The number of rotatable bonds is 9. The van der Waals surface area contributed by atoms with Gasteiger partial charge in [-0.25, -0.2) is 0 Å². The van der Waals surface area contributed by atoms with Crippen molar-refractivity contribution in [2.24, 2.45) is 20.5 Å². The van der Waals surface area contributed by atoms with Crippen LogP contribution in [0.5, 0.6) is 0 Å². The van der Waals surface area contributed by atoms with Gasteiger partial charge in [-0.15, -0.1) is 20.5 Å². The number of carbonyl (C=O) groups excluding carboxylic acids is 2. The van der Waals surface area contributed by atoms with E-state index in [1.807, 2.05) is 50.2 Å². The fourth-order valence-electron chi connectivity index (χ4n) is 4.09. The highest BCUT2D eigenvalue weighted by atomic mass is 16.3. The normalized spacial score (nSPS) is 12.5. The van der Waals surface area contributed by atoms with Gasteiger partial charge in [0.1, 0.15) is 11.5 Å². The summed E-state index contributed by atoms with van der Waals surface area (Å²) in [6.45, 7) is 6.50. The molecule has 4 aromatic rings. The van der Waals surface area contributed by atoms with Crippen LogP contribution in [-0.2, 0) is 9.59 Å². The highest BCUT2D eigenvalue weighted by Crippen LogP contribution is 2.31. The third kappa shape index (κ3) is 8.10. The summed E-state index contributed by atoms with van der Waals surface area (Å²) in [6, 6.07) is 28.9. The molecule has 0 aliphatic rings. The number of nitrogens with one attached hydrogen (secondary N) is 2. The van der Waals surface area contributed by atoms with Crippen molar-refractivity contribution < 1.29 is 19.8 Å². The average molecular weight is 589 g/mol. The topological polar surface area (TPSA) is 148 Å². The third-order valence-corrected chi connectivity index (χ3v) is 6.42. The van der Waals surface area contributed by atoms with Gasteiger partial charge in [0.15, 0.2) is 11.4 Å². The number of amides is 2. The quantitative estimate of drug-likeness (QED) is 0.0877. The monoisotopic (exact) mass is 588 g/mol. The predicted molar refractivity (Wildman–Crippen MR) is 171 cm³/mol. The number of aliphatic hydroxyl groups is 2. The van der Waals surface area contributed by atoms with Gasteiger partial charge in [0, 0.05) is 11.4 Å². The number of aliphatic hydroxyl groups excluding tert-OH is 2. The first kappa shape index (κ1) is 31.0. The Morgan fingerprint density at radius 1 is 0.568 bits per heavy atom. The van der Waals surface area contributed by atoms with E-state index < -0.39 is 11.8 Å². The maximum Gasteiger partial charge on any atom is 0.279 e. The molecule has 0 heterocycles. The number of benzene rings is 4. The van der Waals surface area contributed by atoms with Crippen LogP contribution in [0.15, 0.2) is 140 Å². The van der Waals surface area contributed by atoms with Crippen LogP contribution in [-0.4, -0.2) is 22.0 Å². The number of hydrogen-bond donors (Lipinski definition) is 4. The van der Waals surface area contributed by atoms with Crippen LogP contribution in [0.2, 0.25) is 0 Å². The molecule has 4 aromatic carbocycles. The van der Waals surface area contributed by atoms with Gasteiger partial charge in [-0.1, -0.05) is 48.5 Å². The zero-order chi connectivity index (χ0) is 31.6. The molecular formula is C34H32N6O4. The van der Waals surface area contributed by atoms with Crippen molar-refractivity contribution in [2.75, 3.05) is 10.6 Å². The van der Waals surface area contributed by atoms with Crippen LogP contribution in [0.1, 0.15) is 25.0 Å². The van der Waals surface area contributed by atoms with Crippen molar-refractivity contribution in [1.82, 2.24) is 0 Å². The zero-order valence-electron chi connectivity index (χ0n) is 24.7. The first-order valence-corrected chi connectivity index (χ1v) is 13.7. The molecule has 0 spiro atoms. The van der Waals surface area contributed by atoms with Gasteiger partial charge in [0.05, 0.1) is 11.4 Å². The molecule has 10 heteroatoms. The largest absolute Gasteiger partial charge is 0.510 e. The Bertz CT molecular complexity index is 1650. The summed E-state index contributed by atoms with van der Waals surface area (Å²) in [6.07, 6.45) is 0. The van der Waals surface area contributed by atoms with E-state index in [9.17, 15) is 19.8 Å². The minimum absolute atomic E-state index is 0.190. The van der Waals surface area contributed by atoms with Crippen molar-refractivity contribution in [3.05, 3.63) is 131 Å². The van der Waals surface area contributed by atoms with Gasteiger partial charge in [-0.3, -0.25) is 9.59 Å². The summed E-state index contributed by atoms with van der Waals surface area (Å²) in [7, 11) is 0. The molecule has 4 N–H and O–H groups in total. The second-order valence-corrected chi connectivity index (χ2v) is 9.91. The van der Waals surface area contributed by atoms with Crippen LogP contribution >= 0.6 is 0 Å². The van der Waals surface area contributed by atoms with Gasteiger partial charge in [-0.05, 0) is 98.5 Å². The third-order valence-electron chi connectivity index (χ3n) is 6.42. The second-order valence-electron chi connectivity index (χ2n) is 9.91. The minimum atomic E-state index is -0.574. The molecule has 10 nitrogen and oxygen atoms in total. The van der Waals surface area contributed by atoms with Crippen LogP contribution in [0.25, 0.3) is 11.1 Å². The summed E-state index contributed by atoms with van der Waals surface area (Å²) in [4.78, 5) is 25.3. The second kappa shape index (κ2) is 14.3. The Morgan fingerprint density at radius 3 is 1.25 bits per heavy atom. The molecule has 2 amide bonds. The molecule has 0 saturated carbocycles. The number of para-hydroxylation sites is 2. The van der Waals surface area contributed by atoms with Gasteiger partial charge in [0.25, 0.3) is 11.8 Å². The molecule has 44 heavy (non-hydrogen) atoms. The van der Waals surface area contributed by atoms with E-state index in [2.05, 4.69) is 31.1 Å². The molecular weight excluding hydrogens is 556 g/mol. The van der Waals surface area contributed by atoms with Crippen LogP contribution in [0.3, 0.4) is 0 Å². The molecule has 0 fully saturated rings. The minimum Gasteiger partial charge on any atom is -0.510 e. The lowest BCUT2D eigenvalue weighted by Crippen LogP contribution is -2.14. The molecule has 0 radical (unpaired) electrons. The lowest BCUT2D eigenvalue weighted by molar-refractivity contribution is -0.113. The highest BCUT2D eigenvalue weighted by Gasteiger charge is 2.15. The van der Waals surface area contributed by atoms with Crippen molar-refractivity contribution in [3.63, 3.8) is 0 Å². The Hall–Kier alpha value is -5.90. The Morgan fingerprint density at radius 2 is 0.932 bits per heavy atom. The molecule has 0 bridgehead atoms. The predicted octanol–water partition coefficient (Wildman–Crippen LogP) is 8.99. The Labute approximate surface area is 255 Å². The molecule has 0 saturated heterocycles. The molecule has 0 atom stereocenters. The van der Waals surface area contributed by atoms with E-state index >= 15 is 0 Å².